The molecule has 1 aromatic heterocycles. The summed E-state index contributed by atoms with van der Waals surface area (Å²) >= 11 is 5.81. The number of aliphatic hydroxyl groups is 1. The smallest absolute Gasteiger partial charge is 0.0705 e. The molecule has 0 aliphatic rings. The van der Waals surface area contributed by atoms with Gasteiger partial charge in [-0.05, 0) is 18.6 Å². The molecule has 0 fully saturated rings. The molecule has 4 heteroatoms. The molecule has 3 nitrogen and oxygen atoms in total. The van der Waals surface area contributed by atoms with E-state index < -0.39 is 12.1 Å². The zero-order valence-corrected chi connectivity index (χ0v) is 7.49. The molecule has 12 heavy (non-hydrogen) atoms. The molecule has 3 N–H and O–H groups in total. The zero-order chi connectivity index (χ0) is 9.14. The topological polar surface area (TPSA) is 59.1 Å². The maximum Gasteiger partial charge on any atom is 0.0705 e. The molecule has 0 aliphatic heterocycles. The van der Waals surface area contributed by atoms with Crippen molar-refractivity contribution in [2.75, 3.05) is 0 Å². The number of aliphatic hydroxyl groups excluding tert-OH is 1. The largest absolute Gasteiger partial charge is 0.391 e. The predicted octanol–water partition coefficient (Wildman–Crippen LogP) is 1.12. The van der Waals surface area contributed by atoms with Crippen LogP contribution in [-0.4, -0.2) is 16.2 Å². The van der Waals surface area contributed by atoms with Crippen LogP contribution < -0.4 is 5.73 Å². The lowest BCUT2D eigenvalue weighted by Crippen LogP contribution is -2.23. The summed E-state index contributed by atoms with van der Waals surface area (Å²) in [6.07, 6.45) is 2.51. The van der Waals surface area contributed by atoms with Crippen LogP contribution in [0.1, 0.15) is 18.5 Å². The Balaban J connectivity index is 2.94. The van der Waals surface area contributed by atoms with Gasteiger partial charge in [-0.2, -0.15) is 0 Å². The Labute approximate surface area is 76.2 Å². The fraction of sp³-hybridized carbons (Fsp3) is 0.375. The highest BCUT2D eigenvalue weighted by Crippen LogP contribution is 2.21. The highest BCUT2D eigenvalue weighted by molar-refractivity contribution is 6.31. The first-order valence-corrected chi connectivity index (χ1v) is 4.03. The number of hydrogen-bond acceptors (Lipinski definition) is 3. The van der Waals surface area contributed by atoms with Gasteiger partial charge in [0.2, 0.25) is 0 Å². The van der Waals surface area contributed by atoms with Crippen molar-refractivity contribution in [3.8, 4) is 0 Å². The Morgan fingerprint density at radius 1 is 1.67 bits per heavy atom. The van der Waals surface area contributed by atoms with E-state index in [2.05, 4.69) is 4.98 Å². The van der Waals surface area contributed by atoms with Crippen LogP contribution in [0.3, 0.4) is 0 Å². The number of aromatic nitrogens is 1. The van der Waals surface area contributed by atoms with Crippen molar-refractivity contribution >= 4 is 11.6 Å². The Morgan fingerprint density at radius 3 is 2.83 bits per heavy atom. The number of nitrogens with two attached hydrogens (primary N) is 1. The third-order valence-electron chi connectivity index (χ3n) is 1.68. The molecule has 1 rings (SSSR count). The second-order valence-corrected chi connectivity index (χ2v) is 3.07. The van der Waals surface area contributed by atoms with Crippen LogP contribution in [0.5, 0.6) is 0 Å². The van der Waals surface area contributed by atoms with E-state index in [1.54, 1.807) is 19.2 Å². The molecule has 1 aromatic rings. The molecule has 0 amide bonds. The Bertz CT molecular complexity index is 265. The van der Waals surface area contributed by atoms with Gasteiger partial charge in [0.1, 0.15) is 0 Å². The van der Waals surface area contributed by atoms with Crippen LogP contribution in [0, 0.1) is 0 Å². The molecular formula is C8H11ClN2O. The predicted molar refractivity (Wildman–Crippen MR) is 47.9 cm³/mol. The van der Waals surface area contributed by atoms with E-state index in [1.807, 2.05) is 0 Å². The highest BCUT2D eigenvalue weighted by Gasteiger charge is 2.14. The fourth-order valence-corrected chi connectivity index (χ4v) is 1.16. The van der Waals surface area contributed by atoms with Crippen LogP contribution in [-0.2, 0) is 0 Å². The van der Waals surface area contributed by atoms with Crippen LogP contribution in [0.4, 0.5) is 0 Å². The Kier molecular flexibility index (Phi) is 3.03. The van der Waals surface area contributed by atoms with E-state index in [9.17, 15) is 5.11 Å². The summed E-state index contributed by atoms with van der Waals surface area (Å²) in [6.45, 7) is 1.63. The normalized spacial score (nSPS) is 15.7. The van der Waals surface area contributed by atoms with Crippen molar-refractivity contribution in [2.24, 2.45) is 5.73 Å². The van der Waals surface area contributed by atoms with E-state index in [-0.39, 0.29) is 0 Å². The summed E-state index contributed by atoms with van der Waals surface area (Å²) in [4.78, 5) is 3.82. The summed E-state index contributed by atoms with van der Waals surface area (Å²) in [7, 11) is 0. The zero-order valence-electron chi connectivity index (χ0n) is 6.74. The van der Waals surface area contributed by atoms with E-state index in [0.29, 0.717) is 5.02 Å². The molecule has 0 aromatic carbocycles. The van der Waals surface area contributed by atoms with E-state index >= 15 is 0 Å². The molecular weight excluding hydrogens is 176 g/mol. The monoisotopic (exact) mass is 186 g/mol. The first kappa shape index (κ1) is 9.45. The second kappa shape index (κ2) is 3.85. The number of hydrogen-bond donors (Lipinski definition) is 2. The van der Waals surface area contributed by atoms with Crippen molar-refractivity contribution in [2.45, 2.75) is 19.1 Å². The minimum absolute atomic E-state index is 0.444. The first-order chi connectivity index (χ1) is 5.63. The van der Waals surface area contributed by atoms with Crippen molar-refractivity contribution in [3.63, 3.8) is 0 Å². The van der Waals surface area contributed by atoms with Gasteiger partial charge in [0, 0.05) is 12.4 Å². The summed E-state index contributed by atoms with van der Waals surface area (Å²) in [5, 5.41) is 9.69. The van der Waals surface area contributed by atoms with Gasteiger partial charge >= 0.3 is 0 Å². The van der Waals surface area contributed by atoms with Crippen molar-refractivity contribution in [1.29, 1.82) is 0 Å². The number of pyridine rings is 1. The average Bonchev–Trinajstić information content (AvgIpc) is 2.04. The number of halogens is 1. The Morgan fingerprint density at radius 2 is 2.33 bits per heavy atom. The summed E-state index contributed by atoms with van der Waals surface area (Å²) in [5.74, 6) is 0. The number of nitrogens with zero attached hydrogens (tertiary/aromatic N) is 1. The summed E-state index contributed by atoms with van der Waals surface area (Å²) < 4.78 is 0. The minimum atomic E-state index is -0.607. The molecule has 1 heterocycles. The maximum atomic E-state index is 9.19. The van der Waals surface area contributed by atoms with Crippen LogP contribution in [0.15, 0.2) is 18.5 Å². The van der Waals surface area contributed by atoms with Gasteiger partial charge in [-0.25, -0.2) is 0 Å². The molecule has 2 atom stereocenters. The SMILES string of the molecule is C[C@@H](O)[C@H](N)c1ccncc1Cl. The minimum Gasteiger partial charge on any atom is -0.391 e. The van der Waals surface area contributed by atoms with Gasteiger partial charge in [-0.15, -0.1) is 0 Å². The lowest BCUT2D eigenvalue weighted by molar-refractivity contribution is 0.164. The van der Waals surface area contributed by atoms with E-state index in [0.717, 1.165) is 5.56 Å². The van der Waals surface area contributed by atoms with Gasteiger partial charge in [0.25, 0.3) is 0 Å². The Hall–Kier alpha value is -0.640. The van der Waals surface area contributed by atoms with Crippen LogP contribution in [0.2, 0.25) is 5.02 Å². The molecule has 0 unspecified atom stereocenters. The third-order valence-corrected chi connectivity index (χ3v) is 2.00. The quantitative estimate of drug-likeness (QED) is 0.728. The lowest BCUT2D eigenvalue weighted by Gasteiger charge is -2.15. The molecule has 66 valence electrons. The maximum absolute atomic E-state index is 9.19. The molecule has 0 spiro atoms. The standard InChI is InChI=1S/C8H11ClN2O/c1-5(12)8(10)6-2-3-11-4-7(6)9/h2-5,8,12H,10H2,1H3/t5-,8+/m1/s1. The lowest BCUT2D eigenvalue weighted by atomic mass is 10.1. The van der Waals surface area contributed by atoms with Crippen LogP contribution >= 0.6 is 11.6 Å². The van der Waals surface area contributed by atoms with Gasteiger partial charge in [0.05, 0.1) is 17.2 Å². The van der Waals surface area contributed by atoms with E-state index in [4.69, 9.17) is 17.3 Å². The van der Waals surface area contributed by atoms with Crippen molar-refractivity contribution in [1.82, 2.24) is 4.98 Å². The van der Waals surface area contributed by atoms with Gasteiger partial charge in [-0.1, -0.05) is 11.6 Å². The molecule has 0 radical (unpaired) electrons. The van der Waals surface area contributed by atoms with Gasteiger partial charge < -0.3 is 10.8 Å². The molecule has 0 bridgehead atoms. The van der Waals surface area contributed by atoms with Crippen molar-refractivity contribution in [3.05, 3.63) is 29.0 Å². The summed E-state index contributed by atoms with van der Waals surface area (Å²) in [6, 6.07) is 1.26. The van der Waals surface area contributed by atoms with Crippen molar-refractivity contribution < 1.29 is 5.11 Å². The average molecular weight is 187 g/mol. The van der Waals surface area contributed by atoms with Gasteiger partial charge in [0.15, 0.2) is 0 Å². The molecule has 0 saturated carbocycles. The third kappa shape index (κ3) is 1.94. The first-order valence-electron chi connectivity index (χ1n) is 3.66. The number of rotatable bonds is 2. The fourth-order valence-electron chi connectivity index (χ4n) is 0.916. The highest BCUT2D eigenvalue weighted by atomic mass is 35.5. The summed E-state index contributed by atoms with van der Waals surface area (Å²) in [5.41, 5.74) is 6.40. The molecule has 0 saturated heterocycles. The van der Waals surface area contributed by atoms with E-state index in [1.165, 1.54) is 6.20 Å². The van der Waals surface area contributed by atoms with Gasteiger partial charge in [-0.3, -0.25) is 4.98 Å². The second-order valence-electron chi connectivity index (χ2n) is 2.66. The molecule has 0 aliphatic carbocycles. The van der Waals surface area contributed by atoms with Crippen LogP contribution in [0.25, 0.3) is 0 Å².